The molecule has 2 nitrogen and oxygen atoms in total. The second-order valence-electron chi connectivity index (χ2n) is 3.11. The minimum atomic E-state index is -0.816. The summed E-state index contributed by atoms with van der Waals surface area (Å²) in [5.74, 6) is -1.60. The molecule has 0 spiro atoms. The van der Waals surface area contributed by atoms with Gasteiger partial charge >= 0.3 is 0 Å². The number of hydrogen-bond acceptors (Lipinski definition) is 2. The Morgan fingerprint density at radius 2 is 2.07 bits per heavy atom. The fraction of sp³-hybridized carbons (Fsp3) is 0.400. The molecule has 0 bridgehead atoms. The van der Waals surface area contributed by atoms with Crippen LogP contribution >= 0.6 is 12.4 Å². The molecule has 3 N–H and O–H groups in total. The highest BCUT2D eigenvalue weighted by molar-refractivity contribution is 5.85. The highest BCUT2D eigenvalue weighted by Gasteiger charge is 2.12. The number of nitrogens with two attached hydrogens (primary N) is 1. The van der Waals surface area contributed by atoms with Crippen LogP contribution in [0.1, 0.15) is 18.5 Å². The summed E-state index contributed by atoms with van der Waals surface area (Å²) in [6, 6.07) is 3.93. The third-order valence-electron chi connectivity index (χ3n) is 2.04. The Balaban J connectivity index is 0.00000196. The molecule has 0 aliphatic carbocycles. The van der Waals surface area contributed by atoms with E-state index in [0.29, 0.717) is 18.7 Å². The van der Waals surface area contributed by atoms with Gasteiger partial charge in [-0.15, -0.1) is 12.4 Å². The number of rotatable bonds is 4. The molecule has 15 heavy (non-hydrogen) atoms. The first-order valence-corrected chi connectivity index (χ1v) is 4.54. The zero-order valence-corrected chi connectivity index (χ0v) is 9.28. The number of halogens is 3. The lowest BCUT2D eigenvalue weighted by atomic mass is 10.1. The van der Waals surface area contributed by atoms with Crippen LogP contribution in [0.25, 0.3) is 0 Å². The topological polar surface area (TPSA) is 38.0 Å². The predicted octanol–water partition coefficient (Wildman–Crippen LogP) is 2.00. The first-order chi connectivity index (χ1) is 6.66. The molecule has 0 heterocycles. The van der Waals surface area contributed by atoms with Crippen molar-refractivity contribution in [1.29, 1.82) is 0 Å². The maximum absolute atomic E-state index is 13.2. The molecule has 1 aromatic carbocycles. The van der Waals surface area contributed by atoms with Crippen LogP contribution in [0.2, 0.25) is 0 Å². The Morgan fingerprint density at radius 3 is 2.67 bits per heavy atom. The molecule has 1 rings (SSSR count). The Morgan fingerprint density at radius 1 is 1.40 bits per heavy atom. The van der Waals surface area contributed by atoms with E-state index in [1.54, 1.807) is 13.0 Å². The van der Waals surface area contributed by atoms with Gasteiger partial charge in [-0.2, -0.15) is 0 Å². The second-order valence-corrected chi connectivity index (χ2v) is 3.11. The quantitative estimate of drug-likeness (QED) is 0.839. The molecule has 0 radical (unpaired) electrons. The van der Waals surface area contributed by atoms with Gasteiger partial charge < -0.3 is 11.1 Å². The van der Waals surface area contributed by atoms with E-state index in [1.807, 2.05) is 0 Å². The molecular formula is C10H15ClF2N2. The third-order valence-corrected chi connectivity index (χ3v) is 2.04. The van der Waals surface area contributed by atoms with Crippen LogP contribution in [0.5, 0.6) is 0 Å². The van der Waals surface area contributed by atoms with Gasteiger partial charge in [-0.25, -0.2) is 8.78 Å². The molecule has 5 heteroatoms. The van der Waals surface area contributed by atoms with Crippen molar-refractivity contribution >= 4 is 12.4 Å². The van der Waals surface area contributed by atoms with Crippen molar-refractivity contribution in [1.82, 2.24) is 5.32 Å². The Labute approximate surface area is 94.3 Å². The SMILES string of the molecule is CC(NCCN)c1cccc(F)c1F.Cl. The average Bonchev–Trinajstić information content (AvgIpc) is 2.18. The van der Waals surface area contributed by atoms with Gasteiger partial charge in [0.15, 0.2) is 11.6 Å². The van der Waals surface area contributed by atoms with Crippen LogP contribution in [-0.4, -0.2) is 13.1 Å². The summed E-state index contributed by atoms with van der Waals surface area (Å²) in [7, 11) is 0. The van der Waals surface area contributed by atoms with Crippen molar-refractivity contribution in [2.45, 2.75) is 13.0 Å². The fourth-order valence-electron chi connectivity index (χ4n) is 1.26. The smallest absolute Gasteiger partial charge is 0.163 e. The fourth-order valence-corrected chi connectivity index (χ4v) is 1.26. The molecule has 0 saturated heterocycles. The van der Waals surface area contributed by atoms with Crippen molar-refractivity contribution in [3.63, 3.8) is 0 Å². The highest BCUT2D eigenvalue weighted by Crippen LogP contribution is 2.18. The minimum Gasteiger partial charge on any atom is -0.329 e. The lowest BCUT2D eigenvalue weighted by Crippen LogP contribution is -2.26. The van der Waals surface area contributed by atoms with Gasteiger partial charge in [0.25, 0.3) is 0 Å². The van der Waals surface area contributed by atoms with E-state index in [-0.39, 0.29) is 18.4 Å². The monoisotopic (exact) mass is 236 g/mol. The van der Waals surface area contributed by atoms with Crippen LogP contribution in [0, 0.1) is 11.6 Å². The van der Waals surface area contributed by atoms with Crippen molar-refractivity contribution in [3.05, 3.63) is 35.4 Å². The zero-order chi connectivity index (χ0) is 10.6. The van der Waals surface area contributed by atoms with Gasteiger partial charge in [-0.3, -0.25) is 0 Å². The van der Waals surface area contributed by atoms with Gasteiger partial charge in [-0.05, 0) is 13.0 Å². The van der Waals surface area contributed by atoms with Gasteiger partial charge in [0.1, 0.15) is 0 Å². The standard InChI is InChI=1S/C10H14F2N2.ClH/c1-7(14-6-5-13)8-3-2-4-9(11)10(8)12;/h2-4,7,14H,5-6,13H2,1H3;1H. The molecule has 0 saturated carbocycles. The maximum atomic E-state index is 13.2. The van der Waals surface area contributed by atoms with Gasteiger partial charge in [0.05, 0.1) is 0 Å². The van der Waals surface area contributed by atoms with Crippen LogP contribution < -0.4 is 11.1 Å². The summed E-state index contributed by atoms with van der Waals surface area (Å²) in [5.41, 5.74) is 5.62. The van der Waals surface area contributed by atoms with Crippen LogP contribution in [0.15, 0.2) is 18.2 Å². The molecule has 1 atom stereocenters. The molecule has 0 aliphatic heterocycles. The summed E-state index contributed by atoms with van der Waals surface area (Å²) >= 11 is 0. The Bertz CT molecular complexity index is 307. The first-order valence-electron chi connectivity index (χ1n) is 4.54. The van der Waals surface area contributed by atoms with Gasteiger partial charge in [0, 0.05) is 24.7 Å². The number of nitrogens with one attached hydrogen (secondary N) is 1. The van der Waals surface area contributed by atoms with E-state index in [1.165, 1.54) is 6.07 Å². The first kappa shape index (κ1) is 14.3. The number of hydrogen-bond donors (Lipinski definition) is 2. The third kappa shape index (κ3) is 3.74. The summed E-state index contributed by atoms with van der Waals surface area (Å²) < 4.78 is 26.1. The van der Waals surface area contributed by atoms with E-state index in [4.69, 9.17) is 5.73 Å². The maximum Gasteiger partial charge on any atom is 0.163 e. The highest BCUT2D eigenvalue weighted by atomic mass is 35.5. The van der Waals surface area contributed by atoms with E-state index in [2.05, 4.69) is 5.32 Å². The van der Waals surface area contributed by atoms with Gasteiger partial charge in [0.2, 0.25) is 0 Å². The average molecular weight is 237 g/mol. The minimum absolute atomic E-state index is 0. The normalized spacial score (nSPS) is 12.0. The largest absolute Gasteiger partial charge is 0.329 e. The second kappa shape index (κ2) is 6.71. The van der Waals surface area contributed by atoms with E-state index < -0.39 is 11.6 Å². The molecule has 1 aromatic rings. The predicted molar refractivity (Wildman–Crippen MR) is 59.1 cm³/mol. The number of benzene rings is 1. The van der Waals surface area contributed by atoms with Gasteiger partial charge in [-0.1, -0.05) is 12.1 Å². The van der Waals surface area contributed by atoms with E-state index in [9.17, 15) is 8.78 Å². The van der Waals surface area contributed by atoms with Crippen LogP contribution in [0.4, 0.5) is 8.78 Å². The molecule has 0 aliphatic rings. The molecular weight excluding hydrogens is 222 g/mol. The molecule has 86 valence electrons. The van der Waals surface area contributed by atoms with Crippen molar-refractivity contribution in [2.75, 3.05) is 13.1 Å². The summed E-state index contributed by atoms with van der Waals surface area (Å²) in [6.07, 6.45) is 0. The molecule has 0 amide bonds. The zero-order valence-electron chi connectivity index (χ0n) is 8.47. The summed E-state index contributed by atoms with van der Waals surface area (Å²) in [5, 5.41) is 2.98. The molecule has 0 aromatic heterocycles. The molecule has 1 unspecified atom stereocenters. The van der Waals surface area contributed by atoms with Crippen LogP contribution in [-0.2, 0) is 0 Å². The summed E-state index contributed by atoms with van der Waals surface area (Å²) in [6.45, 7) is 2.83. The Kier molecular flexibility index (Phi) is 6.40. The summed E-state index contributed by atoms with van der Waals surface area (Å²) in [4.78, 5) is 0. The lowest BCUT2D eigenvalue weighted by Gasteiger charge is -2.14. The van der Waals surface area contributed by atoms with Crippen molar-refractivity contribution < 1.29 is 8.78 Å². The van der Waals surface area contributed by atoms with Crippen LogP contribution in [0.3, 0.4) is 0 Å². The van der Waals surface area contributed by atoms with E-state index in [0.717, 1.165) is 6.07 Å². The lowest BCUT2D eigenvalue weighted by molar-refractivity contribution is 0.475. The van der Waals surface area contributed by atoms with Crippen molar-refractivity contribution in [2.24, 2.45) is 5.73 Å². The Hall–Kier alpha value is -0.710. The van der Waals surface area contributed by atoms with E-state index >= 15 is 0 Å². The molecule has 0 fully saturated rings. The van der Waals surface area contributed by atoms with Crippen molar-refractivity contribution in [3.8, 4) is 0 Å².